The largest absolute Gasteiger partial charge is 0.398 e. The maximum atomic E-state index is 13.5. The summed E-state index contributed by atoms with van der Waals surface area (Å²) < 4.78 is 27.2. The fourth-order valence-corrected chi connectivity index (χ4v) is 1.87. The third-order valence-electron chi connectivity index (χ3n) is 2.44. The van der Waals surface area contributed by atoms with E-state index < -0.39 is 17.5 Å². The van der Waals surface area contributed by atoms with Crippen LogP contribution in [0.1, 0.15) is 10.4 Å². The van der Waals surface area contributed by atoms with Crippen LogP contribution in [0.15, 0.2) is 40.9 Å². The van der Waals surface area contributed by atoms with Crippen LogP contribution in [0.25, 0.3) is 0 Å². The Morgan fingerprint density at radius 2 is 1.89 bits per heavy atom. The number of amides is 1. The zero-order valence-corrected chi connectivity index (χ0v) is 11.2. The molecule has 0 atom stereocenters. The summed E-state index contributed by atoms with van der Waals surface area (Å²) >= 11 is 3.17. The van der Waals surface area contributed by atoms with E-state index in [1.807, 2.05) is 0 Å². The number of anilines is 2. The third kappa shape index (κ3) is 3.08. The number of benzene rings is 2. The van der Waals surface area contributed by atoms with Gasteiger partial charge in [-0.15, -0.1) is 0 Å². The van der Waals surface area contributed by atoms with Gasteiger partial charge in [-0.25, -0.2) is 8.78 Å². The van der Waals surface area contributed by atoms with E-state index in [9.17, 15) is 13.6 Å². The van der Waals surface area contributed by atoms with Gasteiger partial charge in [0.05, 0.1) is 11.3 Å². The first-order valence-electron chi connectivity index (χ1n) is 5.29. The molecule has 6 heteroatoms. The Labute approximate surface area is 116 Å². The number of nitrogen functional groups attached to an aromatic ring is 1. The monoisotopic (exact) mass is 326 g/mol. The average molecular weight is 327 g/mol. The van der Waals surface area contributed by atoms with E-state index in [2.05, 4.69) is 21.2 Å². The van der Waals surface area contributed by atoms with Gasteiger partial charge in [0.25, 0.3) is 5.91 Å². The molecule has 0 spiro atoms. The number of carbonyl (C=O) groups is 1. The SMILES string of the molecule is Nc1ccc(F)cc1C(=O)Nc1cc(Br)ccc1F. The Hall–Kier alpha value is -1.95. The number of halogens is 3. The lowest BCUT2D eigenvalue weighted by molar-refractivity contribution is 0.102. The highest BCUT2D eigenvalue weighted by Gasteiger charge is 2.13. The number of hydrogen-bond acceptors (Lipinski definition) is 2. The highest BCUT2D eigenvalue weighted by Crippen LogP contribution is 2.22. The molecule has 0 radical (unpaired) electrons. The minimum absolute atomic E-state index is 0.0111. The Morgan fingerprint density at radius 1 is 1.16 bits per heavy atom. The molecule has 3 N–H and O–H groups in total. The summed E-state index contributed by atoms with van der Waals surface area (Å²) in [5.41, 5.74) is 5.65. The van der Waals surface area contributed by atoms with E-state index in [0.29, 0.717) is 4.47 Å². The van der Waals surface area contributed by atoms with E-state index in [1.165, 1.54) is 24.3 Å². The average Bonchev–Trinajstić information content (AvgIpc) is 2.36. The molecule has 2 aromatic rings. The number of carbonyl (C=O) groups excluding carboxylic acids is 1. The van der Waals surface area contributed by atoms with Crippen LogP contribution in [0.2, 0.25) is 0 Å². The fourth-order valence-electron chi connectivity index (χ4n) is 1.51. The van der Waals surface area contributed by atoms with Gasteiger partial charge in [0, 0.05) is 10.2 Å². The molecule has 98 valence electrons. The predicted octanol–water partition coefficient (Wildman–Crippen LogP) is 3.56. The van der Waals surface area contributed by atoms with Crippen molar-refractivity contribution in [3.63, 3.8) is 0 Å². The molecule has 1 amide bonds. The summed E-state index contributed by atoms with van der Waals surface area (Å²) in [4.78, 5) is 11.9. The predicted molar refractivity (Wildman–Crippen MR) is 72.9 cm³/mol. The lowest BCUT2D eigenvalue weighted by atomic mass is 10.1. The maximum Gasteiger partial charge on any atom is 0.257 e. The molecule has 2 rings (SSSR count). The minimum Gasteiger partial charge on any atom is -0.398 e. The molecule has 2 aromatic carbocycles. The maximum absolute atomic E-state index is 13.5. The van der Waals surface area contributed by atoms with E-state index in [-0.39, 0.29) is 16.9 Å². The van der Waals surface area contributed by atoms with Gasteiger partial charge in [0.1, 0.15) is 11.6 Å². The second kappa shape index (κ2) is 5.36. The third-order valence-corrected chi connectivity index (χ3v) is 2.93. The summed E-state index contributed by atoms with van der Waals surface area (Å²) in [5, 5.41) is 2.34. The lowest BCUT2D eigenvalue weighted by Gasteiger charge is -2.09. The molecule has 0 aliphatic rings. The standard InChI is InChI=1S/C13H9BrF2N2O/c14-7-1-3-10(16)12(5-7)18-13(19)9-6-8(15)2-4-11(9)17/h1-6H,17H2,(H,18,19). The quantitative estimate of drug-likeness (QED) is 0.829. The Morgan fingerprint density at radius 3 is 2.63 bits per heavy atom. The molecule has 3 nitrogen and oxygen atoms in total. The summed E-state index contributed by atoms with van der Waals surface area (Å²) in [7, 11) is 0. The summed E-state index contributed by atoms with van der Waals surface area (Å²) in [6, 6.07) is 7.53. The van der Waals surface area contributed by atoms with Crippen molar-refractivity contribution in [2.75, 3.05) is 11.1 Å². The smallest absolute Gasteiger partial charge is 0.257 e. The van der Waals surface area contributed by atoms with Gasteiger partial charge in [-0.1, -0.05) is 15.9 Å². The minimum atomic E-state index is -0.672. The Kier molecular flexibility index (Phi) is 3.80. The van der Waals surface area contributed by atoms with E-state index in [1.54, 1.807) is 0 Å². The van der Waals surface area contributed by atoms with Gasteiger partial charge in [0.15, 0.2) is 0 Å². The first-order valence-corrected chi connectivity index (χ1v) is 6.08. The second-order valence-corrected chi connectivity index (χ2v) is 4.73. The van der Waals surface area contributed by atoms with E-state index >= 15 is 0 Å². The van der Waals surface area contributed by atoms with Crippen molar-refractivity contribution in [1.29, 1.82) is 0 Å². The highest BCUT2D eigenvalue weighted by atomic mass is 79.9. The zero-order valence-electron chi connectivity index (χ0n) is 9.58. The molecule has 0 heterocycles. The van der Waals surface area contributed by atoms with Crippen LogP contribution < -0.4 is 11.1 Å². The molecular formula is C13H9BrF2N2O. The Bertz CT molecular complexity index is 647. The first kappa shape index (κ1) is 13.5. The topological polar surface area (TPSA) is 55.1 Å². The van der Waals surface area contributed by atoms with Crippen LogP contribution in [0, 0.1) is 11.6 Å². The van der Waals surface area contributed by atoms with Crippen molar-refractivity contribution in [2.24, 2.45) is 0 Å². The molecule has 0 unspecified atom stereocenters. The van der Waals surface area contributed by atoms with Crippen LogP contribution in [-0.2, 0) is 0 Å². The van der Waals surface area contributed by atoms with Gasteiger partial charge in [-0.05, 0) is 36.4 Å². The number of rotatable bonds is 2. The van der Waals surface area contributed by atoms with Crippen molar-refractivity contribution in [1.82, 2.24) is 0 Å². The van der Waals surface area contributed by atoms with Crippen molar-refractivity contribution in [2.45, 2.75) is 0 Å². The van der Waals surface area contributed by atoms with Crippen molar-refractivity contribution < 1.29 is 13.6 Å². The van der Waals surface area contributed by atoms with Gasteiger partial charge in [-0.2, -0.15) is 0 Å². The fraction of sp³-hybridized carbons (Fsp3) is 0. The molecule has 0 aromatic heterocycles. The molecule has 0 bridgehead atoms. The summed E-state index contributed by atoms with van der Waals surface area (Å²) in [6.07, 6.45) is 0. The Balaban J connectivity index is 2.30. The molecule has 0 aliphatic carbocycles. The number of hydrogen-bond donors (Lipinski definition) is 2. The van der Waals surface area contributed by atoms with Crippen LogP contribution in [0.3, 0.4) is 0 Å². The normalized spacial score (nSPS) is 10.3. The van der Waals surface area contributed by atoms with Crippen molar-refractivity contribution in [3.8, 4) is 0 Å². The van der Waals surface area contributed by atoms with E-state index in [4.69, 9.17) is 5.73 Å². The van der Waals surface area contributed by atoms with Gasteiger partial charge in [-0.3, -0.25) is 4.79 Å². The molecule has 0 fully saturated rings. The molecule has 0 saturated carbocycles. The molecule has 0 aliphatic heterocycles. The van der Waals surface area contributed by atoms with Crippen LogP contribution in [-0.4, -0.2) is 5.91 Å². The number of nitrogens with one attached hydrogen (secondary N) is 1. The number of nitrogens with two attached hydrogens (primary N) is 1. The molecule has 19 heavy (non-hydrogen) atoms. The summed E-state index contributed by atoms with van der Waals surface area (Å²) in [6.45, 7) is 0. The van der Waals surface area contributed by atoms with Gasteiger partial charge < -0.3 is 11.1 Å². The second-order valence-electron chi connectivity index (χ2n) is 3.81. The zero-order chi connectivity index (χ0) is 14.0. The van der Waals surface area contributed by atoms with Crippen LogP contribution >= 0.6 is 15.9 Å². The highest BCUT2D eigenvalue weighted by molar-refractivity contribution is 9.10. The molecule has 0 saturated heterocycles. The molecular weight excluding hydrogens is 318 g/mol. The van der Waals surface area contributed by atoms with Crippen molar-refractivity contribution >= 4 is 33.2 Å². The van der Waals surface area contributed by atoms with Crippen LogP contribution in [0.5, 0.6) is 0 Å². The lowest BCUT2D eigenvalue weighted by Crippen LogP contribution is -2.15. The summed E-state index contributed by atoms with van der Waals surface area (Å²) in [5.74, 6) is -1.85. The van der Waals surface area contributed by atoms with Crippen molar-refractivity contribution in [3.05, 3.63) is 58.1 Å². The van der Waals surface area contributed by atoms with Gasteiger partial charge >= 0.3 is 0 Å². The van der Waals surface area contributed by atoms with Gasteiger partial charge in [0.2, 0.25) is 0 Å². The first-order chi connectivity index (χ1) is 8.97. The van der Waals surface area contributed by atoms with E-state index in [0.717, 1.165) is 12.1 Å². The van der Waals surface area contributed by atoms with Crippen LogP contribution in [0.4, 0.5) is 20.2 Å².